The first-order valence-corrected chi connectivity index (χ1v) is 10.3. The largest absolute Gasteiger partial charge is 0.357 e. The second-order valence-corrected chi connectivity index (χ2v) is 7.08. The Hall–Kier alpha value is -3.42. The molecule has 0 saturated carbocycles. The molecule has 8 nitrogen and oxygen atoms in total. The van der Waals surface area contributed by atoms with Gasteiger partial charge in [0.2, 0.25) is 0 Å². The molecule has 30 heavy (non-hydrogen) atoms. The minimum atomic E-state index is 0.734. The maximum atomic E-state index is 4.90. The smallest absolute Gasteiger partial charge is 0.182 e. The van der Waals surface area contributed by atoms with Gasteiger partial charge in [-0.05, 0) is 46.2 Å². The van der Waals surface area contributed by atoms with Gasteiger partial charge in [-0.3, -0.25) is 9.97 Å². The minimum Gasteiger partial charge on any atom is -0.357 e. The van der Waals surface area contributed by atoms with Gasteiger partial charge in [0.15, 0.2) is 5.82 Å². The monoisotopic (exact) mass is 402 g/mol. The number of hydrogen-bond acceptors (Lipinski definition) is 7. The van der Waals surface area contributed by atoms with Crippen molar-refractivity contribution in [3.8, 4) is 11.4 Å². The van der Waals surface area contributed by atoms with E-state index in [-0.39, 0.29) is 0 Å². The Bertz CT molecular complexity index is 1120. The molecule has 1 aliphatic rings. The molecule has 0 unspecified atom stereocenters. The average molecular weight is 403 g/mol. The summed E-state index contributed by atoms with van der Waals surface area (Å²) in [7, 11) is 0. The van der Waals surface area contributed by atoms with Crippen LogP contribution >= 0.6 is 0 Å². The van der Waals surface area contributed by atoms with E-state index in [1.165, 1.54) is 0 Å². The Kier molecular flexibility index (Phi) is 5.39. The number of aliphatic imine (C=N–C) groups is 1. The Balaban J connectivity index is 1.78. The molecule has 1 aliphatic heterocycles. The summed E-state index contributed by atoms with van der Waals surface area (Å²) in [5.41, 5.74) is 5.85. The van der Waals surface area contributed by atoms with Gasteiger partial charge >= 0.3 is 0 Å². The number of hydrogen-bond donors (Lipinski definition) is 0. The molecular weight excluding hydrogens is 376 g/mol. The molecule has 4 heterocycles. The SMILES string of the molecule is CCc1nc2n(c1-c1cnccn1)N=C(C)/C2=N/c1ccc(N(CC)CC)nc1C. The van der Waals surface area contributed by atoms with Crippen molar-refractivity contribution in [2.75, 3.05) is 18.0 Å². The zero-order valence-corrected chi connectivity index (χ0v) is 18.1. The summed E-state index contributed by atoms with van der Waals surface area (Å²) in [6, 6.07) is 4.04. The molecule has 0 atom stereocenters. The Morgan fingerprint density at radius 1 is 1.03 bits per heavy atom. The van der Waals surface area contributed by atoms with Gasteiger partial charge in [-0.15, -0.1) is 0 Å². The van der Waals surface area contributed by atoms with Crippen molar-refractivity contribution < 1.29 is 0 Å². The van der Waals surface area contributed by atoms with Crippen LogP contribution in [0.25, 0.3) is 11.4 Å². The van der Waals surface area contributed by atoms with Crippen LogP contribution < -0.4 is 4.90 Å². The lowest BCUT2D eigenvalue weighted by Gasteiger charge is -2.20. The molecule has 3 aromatic rings. The third-order valence-electron chi connectivity index (χ3n) is 5.23. The van der Waals surface area contributed by atoms with Gasteiger partial charge in [-0.25, -0.2) is 19.6 Å². The van der Waals surface area contributed by atoms with Crippen molar-refractivity contribution in [2.24, 2.45) is 10.1 Å². The number of imidazole rings is 1. The fourth-order valence-corrected chi connectivity index (χ4v) is 3.62. The van der Waals surface area contributed by atoms with Gasteiger partial charge in [0.25, 0.3) is 0 Å². The minimum absolute atomic E-state index is 0.734. The maximum absolute atomic E-state index is 4.90. The van der Waals surface area contributed by atoms with Crippen molar-refractivity contribution in [1.82, 2.24) is 24.6 Å². The van der Waals surface area contributed by atoms with E-state index in [0.717, 1.165) is 71.0 Å². The molecule has 3 aromatic heterocycles. The molecule has 8 heteroatoms. The van der Waals surface area contributed by atoms with Crippen molar-refractivity contribution in [3.05, 3.63) is 47.9 Å². The van der Waals surface area contributed by atoms with Gasteiger partial charge < -0.3 is 4.90 Å². The normalized spacial score (nSPS) is 14.2. The van der Waals surface area contributed by atoms with Crippen LogP contribution in [0.5, 0.6) is 0 Å². The van der Waals surface area contributed by atoms with Crippen LogP contribution in [0.2, 0.25) is 0 Å². The number of aromatic nitrogens is 5. The van der Waals surface area contributed by atoms with Crippen LogP contribution in [0.4, 0.5) is 11.5 Å². The lowest BCUT2D eigenvalue weighted by Crippen LogP contribution is -2.23. The fourth-order valence-electron chi connectivity index (χ4n) is 3.62. The lowest BCUT2D eigenvalue weighted by atomic mass is 10.2. The topological polar surface area (TPSA) is 84.4 Å². The predicted octanol–water partition coefficient (Wildman–Crippen LogP) is 3.81. The molecule has 0 bridgehead atoms. The molecule has 0 fully saturated rings. The highest BCUT2D eigenvalue weighted by molar-refractivity contribution is 6.48. The molecular formula is C22H26N8. The van der Waals surface area contributed by atoms with E-state index < -0.39 is 0 Å². The standard InChI is InChI=1S/C22H26N8/c1-6-16-21(18-13-23-11-12-24-18)30-22(27-16)20(15(5)28-30)26-17-9-10-19(25-14(17)4)29(7-2)8-3/h9-13H,6-8H2,1-5H3/b26-20-. The number of pyridine rings is 1. The van der Waals surface area contributed by atoms with Crippen LogP contribution in [0.15, 0.2) is 40.8 Å². The Morgan fingerprint density at radius 3 is 2.47 bits per heavy atom. The average Bonchev–Trinajstić information content (AvgIpc) is 3.26. The van der Waals surface area contributed by atoms with E-state index in [9.17, 15) is 0 Å². The number of anilines is 1. The summed E-state index contributed by atoms with van der Waals surface area (Å²) >= 11 is 0. The van der Waals surface area contributed by atoms with E-state index in [0.29, 0.717) is 0 Å². The molecule has 0 aliphatic carbocycles. The summed E-state index contributed by atoms with van der Waals surface area (Å²) in [4.78, 5) is 25.4. The molecule has 0 saturated heterocycles. The third-order valence-corrected chi connectivity index (χ3v) is 5.23. The highest BCUT2D eigenvalue weighted by Gasteiger charge is 2.28. The van der Waals surface area contributed by atoms with Crippen molar-refractivity contribution in [2.45, 2.75) is 41.0 Å². The molecule has 0 radical (unpaired) electrons. The summed E-state index contributed by atoms with van der Waals surface area (Å²) in [6.07, 6.45) is 5.85. The zero-order valence-electron chi connectivity index (χ0n) is 18.1. The third kappa shape index (κ3) is 3.38. The molecule has 4 rings (SSSR count). The van der Waals surface area contributed by atoms with Gasteiger partial charge in [0, 0.05) is 25.5 Å². The van der Waals surface area contributed by atoms with Gasteiger partial charge in [-0.1, -0.05) is 6.92 Å². The first-order valence-electron chi connectivity index (χ1n) is 10.3. The van der Waals surface area contributed by atoms with Crippen LogP contribution in [0.3, 0.4) is 0 Å². The van der Waals surface area contributed by atoms with Crippen LogP contribution in [-0.2, 0) is 6.42 Å². The molecule has 0 spiro atoms. The van der Waals surface area contributed by atoms with Gasteiger partial charge in [-0.2, -0.15) is 5.10 Å². The van der Waals surface area contributed by atoms with Crippen LogP contribution in [0.1, 0.15) is 44.9 Å². The summed E-state index contributed by atoms with van der Waals surface area (Å²) in [5, 5.41) is 4.72. The quantitative estimate of drug-likeness (QED) is 0.626. The lowest BCUT2D eigenvalue weighted by molar-refractivity contribution is 0.842. The fraction of sp³-hybridized carbons (Fsp3) is 0.364. The Labute approximate surface area is 176 Å². The maximum Gasteiger partial charge on any atom is 0.182 e. The highest BCUT2D eigenvalue weighted by atomic mass is 15.4. The number of aryl methyl sites for hydroxylation is 2. The second-order valence-electron chi connectivity index (χ2n) is 7.08. The molecule has 0 N–H and O–H groups in total. The van der Waals surface area contributed by atoms with E-state index in [1.54, 1.807) is 18.6 Å². The van der Waals surface area contributed by atoms with Crippen LogP contribution in [-0.4, -0.2) is 49.1 Å². The summed E-state index contributed by atoms with van der Waals surface area (Å²) in [5.74, 6) is 1.70. The summed E-state index contributed by atoms with van der Waals surface area (Å²) in [6.45, 7) is 12.1. The van der Waals surface area contributed by atoms with Gasteiger partial charge in [0.1, 0.15) is 22.9 Å². The highest BCUT2D eigenvalue weighted by Crippen LogP contribution is 2.29. The van der Waals surface area contributed by atoms with Crippen molar-refractivity contribution in [3.63, 3.8) is 0 Å². The second kappa shape index (κ2) is 8.14. The van der Waals surface area contributed by atoms with Crippen LogP contribution in [0, 0.1) is 6.92 Å². The number of fused-ring (bicyclic) bond motifs is 1. The van der Waals surface area contributed by atoms with Crippen molar-refractivity contribution >= 4 is 22.9 Å². The molecule has 154 valence electrons. The molecule has 0 amide bonds. The van der Waals surface area contributed by atoms with E-state index >= 15 is 0 Å². The Morgan fingerprint density at radius 2 is 1.83 bits per heavy atom. The van der Waals surface area contributed by atoms with E-state index in [1.807, 2.05) is 30.7 Å². The predicted molar refractivity (Wildman–Crippen MR) is 120 cm³/mol. The van der Waals surface area contributed by atoms with E-state index in [2.05, 4.69) is 35.6 Å². The summed E-state index contributed by atoms with van der Waals surface area (Å²) < 4.78 is 1.84. The van der Waals surface area contributed by atoms with Gasteiger partial charge in [0.05, 0.1) is 29.0 Å². The first-order chi connectivity index (χ1) is 14.6. The van der Waals surface area contributed by atoms with Crippen molar-refractivity contribution in [1.29, 1.82) is 0 Å². The zero-order chi connectivity index (χ0) is 21.3. The molecule has 0 aromatic carbocycles. The number of rotatable bonds is 6. The number of nitrogens with zero attached hydrogens (tertiary/aromatic N) is 8. The van der Waals surface area contributed by atoms with E-state index in [4.69, 9.17) is 20.1 Å². The first kappa shape index (κ1) is 19.9.